The van der Waals surface area contributed by atoms with Crippen LogP contribution >= 0.6 is 23.2 Å². The maximum absolute atomic E-state index is 13.6. The van der Waals surface area contributed by atoms with E-state index in [1.807, 2.05) is 24.3 Å². The third kappa shape index (κ3) is 3.97. The van der Waals surface area contributed by atoms with E-state index >= 15 is 0 Å². The molecule has 21 heavy (non-hydrogen) atoms. The van der Waals surface area contributed by atoms with Crippen molar-refractivity contribution in [3.8, 4) is 0 Å². The number of hydrogen-bond donors (Lipinski definition) is 1. The molecule has 0 aliphatic carbocycles. The van der Waals surface area contributed by atoms with Gasteiger partial charge in [-0.2, -0.15) is 0 Å². The maximum Gasteiger partial charge on any atom is 0.127 e. The Balaban J connectivity index is 2.45. The monoisotopic (exact) mass is 325 g/mol. The summed E-state index contributed by atoms with van der Waals surface area (Å²) < 4.78 is 13.6. The molecule has 0 saturated heterocycles. The largest absolute Gasteiger partial charge is 0.306 e. The molecule has 4 heteroatoms. The van der Waals surface area contributed by atoms with E-state index in [-0.39, 0.29) is 11.9 Å². The Morgan fingerprint density at radius 3 is 2.43 bits per heavy atom. The molecule has 0 aliphatic rings. The zero-order valence-corrected chi connectivity index (χ0v) is 13.6. The van der Waals surface area contributed by atoms with Gasteiger partial charge in [-0.3, -0.25) is 0 Å². The fourth-order valence-corrected chi connectivity index (χ4v) is 2.64. The Labute approximate surface area is 135 Å². The van der Waals surface area contributed by atoms with Gasteiger partial charge in [-0.1, -0.05) is 42.3 Å². The predicted molar refractivity (Wildman–Crippen MR) is 87.7 cm³/mol. The highest BCUT2D eigenvalue weighted by atomic mass is 35.5. The lowest BCUT2D eigenvalue weighted by atomic mass is 9.97. The van der Waals surface area contributed by atoms with Crippen molar-refractivity contribution in [1.82, 2.24) is 5.32 Å². The zero-order valence-electron chi connectivity index (χ0n) is 12.1. The van der Waals surface area contributed by atoms with Crippen LogP contribution in [0.3, 0.4) is 0 Å². The summed E-state index contributed by atoms with van der Waals surface area (Å²) in [5.74, 6) is -0.283. The van der Waals surface area contributed by atoms with Crippen molar-refractivity contribution < 1.29 is 4.39 Å². The van der Waals surface area contributed by atoms with Crippen molar-refractivity contribution in [2.75, 3.05) is 6.54 Å². The van der Waals surface area contributed by atoms with Gasteiger partial charge in [0.15, 0.2) is 0 Å². The first-order valence-electron chi connectivity index (χ1n) is 6.97. The van der Waals surface area contributed by atoms with E-state index in [0.29, 0.717) is 15.6 Å². The Morgan fingerprint density at radius 2 is 1.81 bits per heavy atom. The minimum atomic E-state index is -0.283. The van der Waals surface area contributed by atoms with Crippen LogP contribution in [0.1, 0.15) is 36.1 Å². The van der Waals surface area contributed by atoms with Crippen LogP contribution in [0, 0.1) is 12.7 Å². The van der Waals surface area contributed by atoms with E-state index in [1.54, 1.807) is 13.0 Å². The minimum Gasteiger partial charge on any atom is -0.306 e. The van der Waals surface area contributed by atoms with Crippen LogP contribution < -0.4 is 5.32 Å². The fraction of sp³-hybridized carbons (Fsp3) is 0.294. The van der Waals surface area contributed by atoms with Gasteiger partial charge >= 0.3 is 0 Å². The molecule has 0 amide bonds. The summed E-state index contributed by atoms with van der Waals surface area (Å²) in [5, 5.41) is 4.58. The average molecular weight is 326 g/mol. The van der Waals surface area contributed by atoms with E-state index in [2.05, 4.69) is 12.2 Å². The van der Waals surface area contributed by atoms with Crippen molar-refractivity contribution in [3.63, 3.8) is 0 Å². The molecule has 1 N–H and O–H groups in total. The lowest BCUT2D eigenvalue weighted by Crippen LogP contribution is -2.23. The smallest absolute Gasteiger partial charge is 0.127 e. The Morgan fingerprint density at radius 1 is 1.14 bits per heavy atom. The van der Waals surface area contributed by atoms with Gasteiger partial charge in [-0.05, 0) is 60.8 Å². The number of nitrogens with one attached hydrogen (secondary N) is 1. The van der Waals surface area contributed by atoms with Crippen LogP contribution in [0.25, 0.3) is 0 Å². The van der Waals surface area contributed by atoms with Crippen LogP contribution in [0.15, 0.2) is 36.4 Å². The molecule has 0 saturated carbocycles. The summed E-state index contributed by atoms with van der Waals surface area (Å²) >= 11 is 12.2. The first-order chi connectivity index (χ1) is 10.0. The summed E-state index contributed by atoms with van der Waals surface area (Å²) in [6, 6.07) is 10.7. The molecule has 2 rings (SSSR count). The molecule has 0 spiro atoms. The molecule has 0 heterocycles. The van der Waals surface area contributed by atoms with Gasteiger partial charge in [-0.25, -0.2) is 4.39 Å². The summed E-state index contributed by atoms with van der Waals surface area (Å²) in [5.41, 5.74) is 2.53. The highest BCUT2D eigenvalue weighted by molar-refractivity contribution is 6.31. The second-order valence-electron chi connectivity index (χ2n) is 5.06. The first kappa shape index (κ1) is 16.3. The number of halogens is 3. The Kier molecular flexibility index (Phi) is 5.63. The fourth-order valence-electron chi connectivity index (χ4n) is 2.25. The van der Waals surface area contributed by atoms with Gasteiger partial charge in [0.1, 0.15) is 5.82 Å². The molecule has 2 aromatic rings. The molecule has 1 atom stereocenters. The van der Waals surface area contributed by atoms with E-state index in [9.17, 15) is 4.39 Å². The molecule has 1 nitrogen and oxygen atoms in total. The summed E-state index contributed by atoms with van der Waals surface area (Å²) in [4.78, 5) is 0. The van der Waals surface area contributed by atoms with Crippen LogP contribution in [0.4, 0.5) is 4.39 Å². The molecule has 0 bridgehead atoms. The lowest BCUT2D eigenvalue weighted by molar-refractivity contribution is 0.590. The predicted octanol–water partition coefficient (Wildman–Crippen LogP) is 5.53. The summed E-state index contributed by atoms with van der Waals surface area (Å²) in [6.07, 6.45) is 1.00. The summed E-state index contributed by atoms with van der Waals surface area (Å²) in [7, 11) is 0. The average Bonchev–Trinajstić information content (AvgIpc) is 2.46. The SMILES string of the molecule is CCCNC(c1ccc(Cl)cc1)c1cc(C)c(F)cc1Cl. The standard InChI is InChI=1S/C17H18Cl2FN/c1-3-8-21-17(12-4-6-13(18)7-5-12)14-9-11(2)16(20)10-15(14)19/h4-7,9-10,17,21H,3,8H2,1-2H3. The maximum atomic E-state index is 13.6. The molecular formula is C17H18Cl2FN. The van der Waals surface area contributed by atoms with Crippen molar-refractivity contribution in [1.29, 1.82) is 0 Å². The van der Waals surface area contributed by atoms with E-state index in [0.717, 1.165) is 24.1 Å². The molecule has 0 aliphatic heterocycles. The highest BCUT2D eigenvalue weighted by Gasteiger charge is 2.18. The van der Waals surface area contributed by atoms with Crippen LogP contribution in [0.2, 0.25) is 10.0 Å². The van der Waals surface area contributed by atoms with Gasteiger partial charge in [0.2, 0.25) is 0 Å². The second kappa shape index (κ2) is 7.26. The van der Waals surface area contributed by atoms with Gasteiger partial charge in [-0.15, -0.1) is 0 Å². The summed E-state index contributed by atoms with van der Waals surface area (Å²) in [6.45, 7) is 4.69. The van der Waals surface area contributed by atoms with E-state index < -0.39 is 0 Å². The van der Waals surface area contributed by atoms with Gasteiger partial charge in [0, 0.05) is 10.0 Å². The van der Waals surface area contributed by atoms with Crippen molar-refractivity contribution in [3.05, 3.63) is 69.0 Å². The van der Waals surface area contributed by atoms with Crippen molar-refractivity contribution >= 4 is 23.2 Å². The third-order valence-corrected chi connectivity index (χ3v) is 3.97. The molecule has 1 unspecified atom stereocenters. The van der Waals surface area contributed by atoms with Gasteiger partial charge < -0.3 is 5.32 Å². The first-order valence-corrected chi connectivity index (χ1v) is 7.73. The van der Waals surface area contributed by atoms with Gasteiger partial charge in [0.25, 0.3) is 0 Å². The van der Waals surface area contributed by atoms with Crippen LogP contribution in [-0.2, 0) is 0 Å². The molecule has 0 aromatic heterocycles. The second-order valence-corrected chi connectivity index (χ2v) is 5.91. The van der Waals surface area contributed by atoms with Crippen molar-refractivity contribution in [2.24, 2.45) is 0 Å². The Bertz CT molecular complexity index is 611. The number of benzene rings is 2. The molecule has 2 aromatic carbocycles. The Hall–Kier alpha value is -1.09. The topological polar surface area (TPSA) is 12.0 Å². The third-order valence-electron chi connectivity index (χ3n) is 3.39. The lowest BCUT2D eigenvalue weighted by Gasteiger charge is -2.21. The van der Waals surface area contributed by atoms with Crippen LogP contribution in [-0.4, -0.2) is 6.54 Å². The van der Waals surface area contributed by atoms with E-state index in [4.69, 9.17) is 23.2 Å². The highest BCUT2D eigenvalue weighted by Crippen LogP contribution is 2.31. The zero-order chi connectivity index (χ0) is 15.4. The number of hydrogen-bond acceptors (Lipinski definition) is 1. The molecule has 0 radical (unpaired) electrons. The number of aryl methyl sites for hydroxylation is 1. The molecule has 0 fully saturated rings. The van der Waals surface area contributed by atoms with Gasteiger partial charge in [0.05, 0.1) is 6.04 Å². The molecular weight excluding hydrogens is 308 g/mol. The van der Waals surface area contributed by atoms with Crippen LogP contribution in [0.5, 0.6) is 0 Å². The quantitative estimate of drug-likeness (QED) is 0.762. The molecule has 112 valence electrons. The van der Waals surface area contributed by atoms with Crippen molar-refractivity contribution in [2.45, 2.75) is 26.3 Å². The normalized spacial score (nSPS) is 12.4. The number of rotatable bonds is 5. The minimum absolute atomic E-state index is 0.0750. The van der Waals surface area contributed by atoms with E-state index in [1.165, 1.54) is 6.07 Å².